The topological polar surface area (TPSA) is 76.3 Å². The van der Waals surface area contributed by atoms with E-state index in [-0.39, 0.29) is 6.54 Å². The van der Waals surface area contributed by atoms with E-state index in [1.165, 1.54) is 10.5 Å². The molecule has 2 rings (SSSR count). The molecule has 1 aromatic rings. The Bertz CT molecular complexity index is 689. The van der Waals surface area contributed by atoms with Gasteiger partial charge in [0.15, 0.2) is 6.54 Å². The number of carbonyl (C=O) groups excluding carboxylic acids is 2. The van der Waals surface area contributed by atoms with Crippen LogP contribution in [-0.4, -0.2) is 64.5 Å². The standard InChI is InChI=1S/C18H25F3N4O3/c1-13-3-4-15(28-2)14(9-13)10-24-5-7-25(8-6-24)11-16(26)23-17(27)22-12-18(19,20)21/h3-4,9H,5-8,10-12H2,1-2H3,(H2,22,23,26,27)/p+2. The number of piperazine rings is 1. The van der Waals surface area contributed by atoms with Crippen LogP contribution < -0.4 is 25.2 Å². The molecule has 156 valence electrons. The van der Waals surface area contributed by atoms with Crippen molar-refractivity contribution in [2.45, 2.75) is 19.6 Å². The summed E-state index contributed by atoms with van der Waals surface area (Å²) in [7, 11) is 1.65. The number of hydrogen-bond acceptors (Lipinski definition) is 3. The van der Waals surface area contributed by atoms with Gasteiger partial charge in [-0.15, -0.1) is 0 Å². The first-order valence-electron chi connectivity index (χ1n) is 9.11. The highest BCUT2D eigenvalue weighted by Gasteiger charge is 2.29. The summed E-state index contributed by atoms with van der Waals surface area (Å²) in [5.74, 6) is 0.274. The largest absolute Gasteiger partial charge is 0.496 e. The molecule has 1 heterocycles. The molecule has 1 aliphatic heterocycles. The lowest BCUT2D eigenvalue weighted by Gasteiger charge is -2.29. The zero-order valence-electron chi connectivity index (χ0n) is 16.0. The summed E-state index contributed by atoms with van der Waals surface area (Å²) >= 11 is 0. The number of alkyl halides is 3. The van der Waals surface area contributed by atoms with Crippen molar-refractivity contribution in [2.24, 2.45) is 0 Å². The van der Waals surface area contributed by atoms with Gasteiger partial charge in [0.25, 0.3) is 5.91 Å². The number of hydrogen-bond donors (Lipinski definition) is 4. The van der Waals surface area contributed by atoms with E-state index in [1.54, 1.807) is 12.4 Å². The number of benzene rings is 1. The maximum absolute atomic E-state index is 12.0. The summed E-state index contributed by atoms with van der Waals surface area (Å²) in [6.07, 6.45) is -4.51. The summed E-state index contributed by atoms with van der Waals surface area (Å²) < 4.78 is 41.6. The lowest BCUT2D eigenvalue weighted by molar-refractivity contribution is -1.02. The second-order valence-electron chi connectivity index (χ2n) is 7.01. The van der Waals surface area contributed by atoms with Crippen LogP contribution in [0.3, 0.4) is 0 Å². The van der Waals surface area contributed by atoms with E-state index in [2.05, 4.69) is 6.07 Å². The molecule has 0 aromatic heterocycles. The summed E-state index contributed by atoms with van der Waals surface area (Å²) in [6, 6.07) is 4.94. The monoisotopic (exact) mass is 404 g/mol. The van der Waals surface area contributed by atoms with Crippen molar-refractivity contribution in [3.63, 3.8) is 0 Å². The predicted octanol–water partition coefficient (Wildman–Crippen LogP) is -1.32. The summed E-state index contributed by atoms with van der Waals surface area (Å²) in [4.78, 5) is 25.5. The molecule has 0 saturated carbocycles. The minimum Gasteiger partial charge on any atom is -0.496 e. The minimum absolute atomic E-state index is 0.0560. The van der Waals surface area contributed by atoms with Crippen LogP contribution in [0.5, 0.6) is 5.75 Å². The van der Waals surface area contributed by atoms with E-state index in [0.717, 1.165) is 48.9 Å². The lowest BCUT2D eigenvalue weighted by Crippen LogP contribution is -3.28. The summed E-state index contributed by atoms with van der Waals surface area (Å²) in [5.41, 5.74) is 2.31. The van der Waals surface area contributed by atoms with Crippen LogP contribution in [0.2, 0.25) is 0 Å². The number of carbonyl (C=O) groups is 2. The SMILES string of the molecule is COc1ccc(C)cc1C[NH+]1CC[NH+](CC(=O)NC(=O)NCC(F)(F)F)CC1. The minimum atomic E-state index is -4.51. The van der Waals surface area contributed by atoms with E-state index in [9.17, 15) is 22.8 Å². The number of methoxy groups -OCH3 is 1. The number of ether oxygens (including phenoxy) is 1. The van der Waals surface area contributed by atoms with Gasteiger partial charge in [-0.2, -0.15) is 13.2 Å². The first kappa shape index (κ1) is 22.0. The van der Waals surface area contributed by atoms with E-state index in [4.69, 9.17) is 4.74 Å². The molecule has 1 aromatic carbocycles. The highest BCUT2D eigenvalue weighted by molar-refractivity contribution is 5.94. The molecule has 0 spiro atoms. The van der Waals surface area contributed by atoms with Crippen LogP contribution in [0.4, 0.5) is 18.0 Å². The molecule has 0 atom stereocenters. The van der Waals surface area contributed by atoms with Crippen LogP contribution >= 0.6 is 0 Å². The normalized spacial score (nSPS) is 19.8. The highest BCUT2D eigenvalue weighted by Crippen LogP contribution is 2.18. The van der Waals surface area contributed by atoms with Crippen molar-refractivity contribution in [1.82, 2.24) is 10.6 Å². The molecular formula is C18H27F3N4O3+2. The fourth-order valence-electron chi connectivity index (χ4n) is 3.25. The van der Waals surface area contributed by atoms with Gasteiger partial charge in [0, 0.05) is 5.56 Å². The van der Waals surface area contributed by atoms with Crippen LogP contribution in [0.1, 0.15) is 11.1 Å². The molecule has 1 aliphatic rings. The first-order valence-corrected chi connectivity index (χ1v) is 9.11. The van der Waals surface area contributed by atoms with Crippen LogP contribution in [0.15, 0.2) is 18.2 Å². The zero-order valence-corrected chi connectivity index (χ0v) is 16.0. The van der Waals surface area contributed by atoms with E-state index < -0.39 is 24.7 Å². The number of halogens is 3. The predicted molar refractivity (Wildman–Crippen MR) is 95.3 cm³/mol. The Hall–Kier alpha value is -2.33. The molecule has 3 amide bonds. The summed E-state index contributed by atoms with van der Waals surface area (Å²) in [6.45, 7) is 4.61. The van der Waals surface area contributed by atoms with Crippen molar-refractivity contribution < 1.29 is 37.3 Å². The second-order valence-corrected chi connectivity index (χ2v) is 7.01. The Morgan fingerprint density at radius 2 is 1.79 bits per heavy atom. The van der Waals surface area contributed by atoms with Gasteiger partial charge in [-0.05, 0) is 19.1 Å². The molecule has 10 heteroatoms. The molecule has 0 aliphatic carbocycles. The fraction of sp³-hybridized carbons (Fsp3) is 0.556. The van der Waals surface area contributed by atoms with Gasteiger partial charge in [0.05, 0.1) is 7.11 Å². The van der Waals surface area contributed by atoms with Gasteiger partial charge in [0.2, 0.25) is 0 Å². The molecule has 0 bridgehead atoms. The van der Waals surface area contributed by atoms with Gasteiger partial charge in [-0.3, -0.25) is 10.1 Å². The molecule has 4 N–H and O–H groups in total. The van der Waals surface area contributed by atoms with Gasteiger partial charge < -0.3 is 19.9 Å². The Balaban J connectivity index is 1.74. The number of urea groups is 1. The molecule has 0 unspecified atom stereocenters. The molecular weight excluding hydrogens is 377 g/mol. The fourth-order valence-corrected chi connectivity index (χ4v) is 3.25. The highest BCUT2D eigenvalue weighted by atomic mass is 19.4. The van der Waals surface area contributed by atoms with Crippen molar-refractivity contribution >= 4 is 11.9 Å². The number of amides is 3. The Labute approximate surface area is 161 Å². The van der Waals surface area contributed by atoms with Crippen LogP contribution in [-0.2, 0) is 11.3 Å². The Kier molecular flexibility index (Phi) is 7.64. The van der Waals surface area contributed by atoms with Crippen LogP contribution in [0.25, 0.3) is 0 Å². The lowest BCUT2D eigenvalue weighted by atomic mass is 10.1. The zero-order chi connectivity index (χ0) is 20.7. The number of nitrogens with one attached hydrogen (secondary N) is 4. The van der Waals surface area contributed by atoms with Crippen molar-refractivity contribution in [3.05, 3.63) is 29.3 Å². The second kappa shape index (κ2) is 9.74. The van der Waals surface area contributed by atoms with Crippen molar-refractivity contribution in [2.75, 3.05) is 46.4 Å². The third kappa shape index (κ3) is 7.35. The van der Waals surface area contributed by atoms with Crippen LogP contribution in [0, 0.1) is 6.92 Å². The molecule has 7 nitrogen and oxygen atoms in total. The molecule has 28 heavy (non-hydrogen) atoms. The molecule has 1 fully saturated rings. The van der Waals surface area contributed by atoms with E-state index >= 15 is 0 Å². The van der Waals surface area contributed by atoms with Gasteiger partial charge in [0.1, 0.15) is 45.0 Å². The van der Waals surface area contributed by atoms with Crippen molar-refractivity contribution in [3.8, 4) is 5.75 Å². The maximum Gasteiger partial charge on any atom is 0.405 e. The maximum atomic E-state index is 12.0. The van der Waals surface area contributed by atoms with Gasteiger partial charge in [-0.1, -0.05) is 11.6 Å². The van der Waals surface area contributed by atoms with E-state index in [0.29, 0.717) is 0 Å². The number of quaternary nitrogens is 2. The van der Waals surface area contributed by atoms with E-state index in [1.807, 2.05) is 24.4 Å². The number of aryl methyl sites for hydroxylation is 1. The Morgan fingerprint density at radius 1 is 1.14 bits per heavy atom. The third-order valence-corrected chi connectivity index (χ3v) is 4.65. The average Bonchev–Trinajstić information content (AvgIpc) is 2.61. The summed E-state index contributed by atoms with van der Waals surface area (Å²) in [5, 5.41) is 3.56. The average molecular weight is 404 g/mol. The van der Waals surface area contributed by atoms with Gasteiger partial charge in [-0.25, -0.2) is 4.79 Å². The number of imide groups is 1. The number of rotatable bonds is 6. The quantitative estimate of drug-likeness (QED) is 0.475. The molecule has 0 radical (unpaired) electrons. The molecule has 1 saturated heterocycles. The Morgan fingerprint density at radius 3 is 2.39 bits per heavy atom. The smallest absolute Gasteiger partial charge is 0.405 e. The van der Waals surface area contributed by atoms with Crippen molar-refractivity contribution in [1.29, 1.82) is 0 Å². The first-order chi connectivity index (χ1) is 13.2. The van der Waals surface area contributed by atoms with Gasteiger partial charge >= 0.3 is 12.2 Å². The third-order valence-electron chi connectivity index (χ3n) is 4.65.